The molecular formula is C12H15Cl2N3O2. The Hall–Kier alpha value is -1.33. The Morgan fingerprint density at radius 3 is 2.53 bits per heavy atom. The van der Waals surface area contributed by atoms with Crippen molar-refractivity contribution in [1.82, 2.24) is 15.6 Å². The molecule has 0 aromatic carbocycles. The molecule has 1 rings (SSSR count). The van der Waals surface area contributed by atoms with Gasteiger partial charge in [-0.3, -0.25) is 9.59 Å². The van der Waals surface area contributed by atoms with Crippen molar-refractivity contribution in [2.75, 3.05) is 6.54 Å². The van der Waals surface area contributed by atoms with E-state index in [1.165, 1.54) is 12.3 Å². The van der Waals surface area contributed by atoms with Crippen molar-refractivity contribution in [3.63, 3.8) is 0 Å². The van der Waals surface area contributed by atoms with E-state index in [2.05, 4.69) is 15.6 Å². The normalized spacial score (nSPS) is 11.0. The first-order valence-electron chi connectivity index (χ1n) is 5.59. The van der Waals surface area contributed by atoms with Gasteiger partial charge in [0.05, 0.1) is 17.1 Å². The predicted molar refractivity (Wildman–Crippen MR) is 74.5 cm³/mol. The van der Waals surface area contributed by atoms with Gasteiger partial charge in [0.15, 0.2) is 0 Å². The lowest BCUT2D eigenvalue weighted by atomic mass is 10.1. The zero-order valence-electron chi connectivity index (χ0n) is 10.9. The smallest absolute Gasteiger partial charge is 0.253 e. The highest BCUT2D eigenvalue weighted by atomic mass is 35.5. The Bertz CT molecular complexity index is 498. The highest BCUT2D eigenvalue weighted by Crippen LogP contribution is 2.17. The second-order valence-corrected chi connectivity index (χ2v) is 5.76. The van der Waals surface area contributed by atoms with Gasteiger partial charge in [-0.1, -0.05) is 23.2 Å². The molecule has 0 aliphatic carbocycles. The molecule has 0 unspecified atom stereocenters. The van der Waals surface area contributed by atoms with Crippen molar-refractivity contribution in [1.29, 1.82) is 0 Å². The van der Waals surface area contributed by atoms with E-state index in [1.54, 1.807) is 0 Å². The fourth-order valence-electron chi connectivity index (χ4n) is 1.31. The molecule has 0 atom stereocenters. The monoisotopic (exact) mass is 303 g/mol. The topological polar surface area (TPSA) is 71.1 Å². The Morgan fingerprint density at radius 2 is 1.95 bits per heavy atom. The van der Waals surface area contributed by atoms with Crippen LogP contribution in [0.2, 0.25) is 10.2 Å². The van der Waals surface area contributed by atoms with Crippen molar-refractivity contribution in [3.8, 4) is 0 Å². The van der Waals surface area contributed by atoms with Gasteiger partial charge in [-0.2, -0.15) is 0 Å². The second-order valence-electron chi connectivity index (χ2n) is 4.97. The van der Waals surface area contributed by atoms with E-state index in [0.29, 0.717) is 0 Å². The summed E-state index contributed by atoms with van der Waals surface area (Å²) in [5, 5.41) is 5.53. The lowest BCUT2D eigenvalue weighted by molar-refractivity contribution is -0.121. The molecule has 0 aliphatic heterocycles. The number of amides is 2. The molecule has 0 fully saturated rings. The number of halogens is 2. The lowest BCUT2D eigenvalue weighted by Gasteiger charge is -2.20. The summed E-state index contributed by atoms with van der Waals surface area (Å²) in [7, 11) is 0. The first-order valence-corrected chi connectivity index (χ1v) is 6.35. The molecule has 1 heterocycles. The van der Waals surface area contributed by atoms with Gasteiger partial charge in [0.25, 0.3) is 5.91 Å². The van der Waals surface area contributed by atoms with E-state index in [-0.39, 0.29) is 33.7 Å². The van der Waals surface area contributed by atoms with Gasteiger partial charge >= 0.3 is 0 Å². The van der Waals surface area contributed by atoms with Crippen molar-refractivity contribution < 1.29 is 9.59 Å². The van der Waals surface area contributed by atoms with Gasteiger partial charge < -0.3 is 10.6 Å². The number of nitrogens with one attached hydrogen (secondary N) is 2. The minimum absolute atomic E-state index is 0.133. The van der Waals surface area contributed by atoms with Crippen molar-refractivity contribution in [2.45, 2.75) is 26.3 Å². The number of aromatic nitrogens is 1. The fourth-order valence-corrected chi connectivity index (χ4v) is 1.65. The van der Waals surface area contributed by atoms with Gasteiger partial charge in [-0.15, -0.1) is 0 Å². The minimum Gasteiger partial charge on any atom is -0.350 e. The summed E-state index contributed by atoms with van der Waals surface area (Å²) in [5.41, 5.74) is -0.162. The largest absolute Gasteiger partial charge is 0.350 e. The Morgan fingerprint density at radius 1 is 1.32 bits per heavy atom. The SMILES string of the molecule is CC(C)(C)NC(=O)CNC(=O)c1cc(Cl)ncc1Cl. The molecule has 0 aliphatic rings. The molecule has 0 saturated carbocycles. The van der Waals surface area contributed by atoms with E-state index in [1.807, 2.05) is 20.8 Å². The van der Waals surface area contributed by atoms with Crippen LogP contribution in [0.4, 0.5) is 0 Å². The van der Waals surface area contributed by atoms with E-state index in [0.717, 1.165) is 0 Å². The van der Waals surface area contributed by atoms with Crippen LogP contribution in [0, 0.1) is 0 Å². The van der Waals surface area contributed by atoms with Crippen molar-refractivity contribution in [2.24, 2.45) is 0 Å². The third-order valence-electron chi connectivity index (χ3n) is 1.99. The van der Waals surface area contributed by atoms with Crippen LogP contribution in [0.15, 0.2) is 12.3 Å². The van der Waals surface area contributed by atoms with Gasteiger partial charge in [-0.25, -0.2) is 4.98 Å². The fraction of sp³-hybridized carbons (Fsp3) is 0.417. The Balaban J connectivity index is 2.61. The van der Waals surface area contributed by atoms with Crippen LogP contribution in [-0.4, -0.2) is 28.9 Å². The van der Waals surface area contributed by atoms with Crippen LogP contribution in [-0.2, 0) is 4.79 Å². The summed E-state index contributed by atoms with van der Waals surface area (Å²) in [6, 6.07) is 1.35. The van der Waals surface area contributed by atoms with E-state index < -0.39 is 5.91 Å². The van der Waals surface area contributed by atoms with Crippen LogP contribution in [0.5, 0.6) is 0 Å². The van der Waals surface area contributed by atoms with E-state index in [4.69, 9.17) is 23.2 Å². The number of nitrogens with zero attached hydrogens (tertiary/aromatic N) is 1. The number of carbonyl (C=O) groups excluding carboxylic acids is 2. The number of carbonyl (C=O) groups is 2. The maximum atomic E-state index is 11.8. The summed E-state index contributed by atoms with van der Waals surface area (Å²) >= 11 is 11.5. The number of rotatable bonds is 3. The quantitative estimate of drug-likeness (QED) is 0.839. The average molecular weight is 304 g/mol. The Labute approximate surface area is 121 Å². The maximum absolute atomic E-state index is 11.8. The van der Waals surface area contributed by atoms with E-state index in [9.17, 15) is 9.59 Å². The summed E-state index contributed by atoms with van der Waals surface area (Å²) in [6.45, 7) is 5.43. The van der Waals surface area contributed by atoms with Gasteiger partial charge in [0, 0.05) is 11.7 Å². The molecule has 1 aromatic heterocycles. The third kappa shape index (κ3) is 5.44. The molecule has 104 valence electrons. The van der Waals surface area contributed by atoms with Gasteiger partial charge in [0.2, 0.25) is 5.91 Å². The first-order chi connectivity index (χ1) is 8.69. The zero-order valence-corrected chi connectivity index (χ0v) is 12.4. The van der Waals surface area contributed by atoms with Gasteiger partial charge in [0.1, 0.15) is 5.15 Å². The zero-order chi connectivity index (χ0) is 14.6. The summed E-state index contributed by atoms with van der Waals surface area (Å²) in [4.78, 5) is 27.1. The minimum atomic E-state index is -0.474. The van der Waals surface area contributed by atoms with Crippen LogP contribution < -0.4 is 10.6 Å². The lowest BCUT2D eigenvalue weighted by Crippen LogP contribution is -2.45. The Kier molecular flexibility index (Phi) is 5.14. The maximum Gasteiger partial charge on any atom is 0.253 e. The van der Waals surface area contributed by atoms with Crippen LogP contribution >= 0.6 is 23.2 Å². The van der Waals surface area contributed by atoms with E-state index >= 15 is 0 Å². The molecule has 19 heavy (non-hydrogen) atoms. The summed E-state index contributed by atoms with van der Waals surface area (Å²) in [5.74, 6) is -0.754. The molecule has 5 nitrogen and oxygen atoms in total. The molecule has 1 aromatic rings. The second kappa shape index (κ2) is 6.21. The third-order valence-corrected chi connectivity index (χ3v) is 2.50. The highest BCUT2D eigenvalue weighted by molar-refractivity contribution is 6.35. The van der Waals surface area contributed by atoms with Crippen molar-refractivity contribution in [3.05, 3.63) is 28.0 Å². The highest BCUT2D eigenvalue weighted by Gasteiger charge is 2.16. The molecule has 0 saturated heterocycles. The molecule has 7 heteroatoms. The number of hydrogen-bond acceptors (Lipinski definition) is 3. The predicted octanol–water partition coefficient (Wildman–Crippen LogP) is 2.03. The van der Waals surface area contributed by atoms with Crippen molar-refractivity contribution >= 4 is 35.0 Å². The summed E-state index contributed by atoms with van der Waals surface area (Å²) in [6.07, 6.45) is 1.29. The molecule has 0 spiro atoms. The average Bonchev–Trinajstić information content (AvgIpc) is 2.27. The standard InChI is InChI=1S/C12H15Cl2N3O2/c1-12(2,3)17-10(18)6-16-11(19)7-4-9(14)15-5-8(7)13/h4-5H,6H2,1-3H3,(H,16,19)(H,17,18). The van der Waals surface area contributed by atoms with Crippen LogP contribution in [0.25, 0.3) is 0 Å². The molecule has 2 amide bonds. The number of hydrogen-bond donors (Lipinski definition) is 2. The van der Waals surface area contributed by atoms with Gasteiger partial charge in [-0.05, 0) is 26.8 Å². The van der Waals surface area contributed by atoms with Crippen LogP contribution in [0.3, 0.4) is 0 Å². The molecule has 2 N–H and O–H groups in total. The molecular weight excluding hydrogens is 289 g/mol. The summed E-state index contributed by atoms with van der Waals surface area (Å²) < 4.78 is 0. The molecule has 0 radical (unpaired) electrons. The number of pyridine rings is 1. The first kappa shape index (κ1) is 15.7. The molecule has 0 bridgehead atoms. The van der Waals surface area contributed by atoms with Crippen LogP contribution in [0.1, 0.15) is 31.1 Å².